The van der Waals surface area contributed by atoms with E-state index in [4.69, 9.17) is 13.9 Å². The van der Waals surface area contributed by atoms with Crippen molar-refractivity contribution in [3.8, 4) is 5.75 Å². The maximum Gasteiger partial charge on any atom is 0.342 e. The van der Waals surface area contributed by atoms with E-state index < -0.39 is 5.97 Å². The van der Waals surface area contributed by atoms with Gasteiger partial charge in [-0.15, -0.1) is 11.3 Å². The minimum Gasteiger partial charge on any atom is -0.486 e. The molecule has 27 heavy (non-hydrogen) atoms. The molecule has 0 bridgehead atoms. The summed E-state index contributed by atoms with van der Waals surface area (Å²) in [6, 6.07) is 14.4. The highest BCUT2D eigenvalue weighted by atomic mass is 32.1. The lowest BCUT2D eigenvalue weighted by molar-refractivity contribution is 0.0435. The predicted molar refractivity (Wildman–Crippen MR) is 101 cm³/mol. The third-order valence-electron chi connectivity index (χ3n) is 3.81. The summed E-state index contributed by atoms with van der Waals surface area (Å²) in [6.45, 7) is 2.18. The first-order valence-electron chi connectivity index (χ1n) is 8.33. The second-order valence-corrected chi connectivity index (χ2v) is 6.86. The van der Waals surface area contributed by atoms with Crippen LogP contribution < -0.4 is 4.74 Å². The van der Waals surface area contributed by atoms with Crippen LogP contribution in [0.1, 0.15) is 27.0 Å². The molecule has 2 heterocycles. The highest BCUT2D eigenvalue weighted by Crippen LogP contribution is 2.22. The molecule has 0 unspecified atom stereocenters. The number of rotatable bonds is 6. The first kappa shape index (κ1) is 17.2. The van der Waals surface area contributed by atoms with Gasteiger partial charge in [0.1, 0.15) is 23.4 Å². The van der Waals surface area contributed by atoms with Crippen LogP contribution in [0.3, 0.4) is 0 Å². The number of carbonyl (C=O) groups is 1. The van der Waals surface area contributed by atoms with Gasteiger partial charge in [0.2, 0.25) is 5.89 Å². The fourth-order valence-electron chi connectivity index (χ4n) is 2.57. The highest BCUT2D eigenvalue weighted by molar-refractivity contribution is 7.09. The average molecular weight is 380 g/mol. The average Bonchev–Trinajstić information content (AvgIpc) is 3.30. The number of nitrogens with zero attached hydrogens (tertiary/aromatic N) is 2. The maximum absolute atomic E-state index is 12.5. The number of aryl methyl sites for hydroxylation is 1. The molecule has 0 aliphatic heterocycles. The summed E-state index contributed by atoms with van der Waals surface area (Å²) >= 11 is 1.56. The number of aromatic nitrogens is 2. The van der Waals surface area contributed by atoms with Gasteiger partial charge in [-0.1, -0.05) is 24.3 Å². The van der Waals surface area contributed by atoms with Crippen LogP contribution >= 0.6 is 11.3 Å². The lowest BCUT2D eigenvalue weighted by Crippen LogP contribution is -2.08. The Morgan fingerprint density at radius 2 is 1.89 bits per heavy atom. The topological polar surface area (TPSA) is 74.5 Å². The van der Waals surface area contributed by atoms with E-state index in [-0.39, 0.29) is 6.61 Å². The number of esters is 1. The molecule has 0 radical (unpaired) electrons. The van der Waals surface area contributed by atoms with Crippen molar-refractivity contribution in [2.45, 2.75) is 20.1 Å². The van der Waals surface area contributed by atoms with E-state index in [1.54, 1.807) is 35.6 Å². The number of para-hydroxylation sites is 3. The Hall–Kier alpha value is -3.19. The molecule has 0 spiro atoms. The Kier molecular flexibility index (Phi) is 4.84. The van der Waals surface area contributed by atoms with Gasteiger partial charge in [-0.3, -0.25) is 0 Å². The van der Waals surface area contributed by atoms with Crippen LogP contribution in [0, 0.1) is 6.92 Å². The predicted octanol–water partition coefficient (Wildman–Crippen LogP) is 4.53. The van der Waals surface area contributed by atoms with Gasteiger partial charge >= 0.3 is 5.97 Å². The van der Waals surface area contributed by atoms with Gasteiger partial charge < -0.3 is 13.9 Å². The van der Waals surface area contributed by atoms with E-state index in [2.05, 4.69) is 9.97 Å². The van der Waals surface area contributed by atoms with Crippen LogP contribution in [-0.2, 0) is 18.0 Å². The molecule has 4 aromatic rings. The number of hydrogen-bond acceptors (Lipinski definition) is 7. The molecule has 0 fully saturated rings. The third-order valence-corrected chi connectivity index (χ3v) is 4.64. The van der Waals surface area contributed by atoms with Crippen molar-refractivity contribution < 1.29 is 18.7 Å². The van der Waals surface area contributed by atoms with Gasteiger partial charge in [-0.2, -0.15) is 0 Å². The molecule has 0 N–H and O–H groups in total. The van der Waals surface area contributed by atoms with Crippen molar-refractivity contribution in [3.05, 3.63) is 76.1 Å². The summed E-state index contributed by atoms with van der Waals surface area (Å²) in [5, 5.41) is 2.91. The molecule has 4 rings (SSSR count). The number of oxazole rings is 1. The molecule has 0 saturated carbocycles. The second-order valence-electron chi connectivity index (χ2n) is 5.79. The van der Waals surface area contributed by atoms with Crippen molar-refractivity contribution in [1.29, 1.82) is 0 Å². The van der Waals surface area contributed by atoms with E-state index >= 15 is 0 Å². The number of thiazole rings is 1. The zero-order valence-electron chi connectivity index (χ0n) is 14.5. The fourth-order valence-corrected chi connectivity index (χ4v) is 3.17. The van der Waals surface area contributed by atoms with Crippen LogP contribution in [0.2, 0.25) is 0 Å². The Bertz CT molecular complexity index is 1050. The van der Waals surface area contributed by atoms with Crippen LogP contribution in [0.5, 0.6) is 5.75 Å². The third kappa shape index (κ3) is 3.98. The minimum atomic E-state index is -0.498. The standard InChI is InChI=1S/C20H16N2O4S/c1-13-21-14(12-27-13)10-24-17-8-4-2-6-15(17)20(23)25-11-19-22-16-7-3-5-9-18(16)26-19/h2-9,12H,10-11H2,1H3. The SMILES string of the molecule is Cc1nc(COc2ccccc2C(=O)OCc2nc3ccccc3o2)cs1. The first-order valence-corrected chi connectivity index (χ1v) is 9.21. The van der Waals surface area contributed by atoms with Gasteiger partial charge in [0, 0.05) is 5.38 Å². The van der Waals surface area contributed by atoms with E-state index in [0.717, 1.165) is 16.2 Å². The molecule has 0 aliphatic rings. The summed E-state index contributed by atoms with van der Waals surface area (Å²) < 4.78 is 16.7. The molecule has 2 aromatic heterocycles. The molecule has 0 aliphatic carbocycles. The second kappa shape index (κ2) is 7.59. The Morgan fingerprint density at radius 1 is 1.07 bits per heavy atom. The Morgan fingerprint density at radius 3 is 2.70 bits per heavy atom. The monoisotopic (exact) mass is 380 g/mol. The van der Waals surface area contributed by atoms with Crippen LogP contribution in [0.15, 0.2) is 58.3 Å². The molecule has 136 valence electrons. The maximum atomic E-state index is 12.5. The largest absolute Gasteiger partial charge is 0.486 e. The van der Waals surface area contributed by atoms with Crippen LogP contribution in [0.25, 0.3) is 11.1 Å². The molecule has 7 heteroatoms. The summed E-state index contributed by atoms with van der Waals surface area (Å²) in [5.41, 5.74) is 2.56. The summed E-state index contributed by atoms with van der Waals surface area (Å²) in [7, 11) is 0. The number of carbonyl (C=O) groups excluding carboxylic acids is 1. The quantitative estimate of drug-likeness (QED) is 0.458. The normalized spacial score (nSPS) is 10.9. The van der Waals surface area contributed by atoms with Crippen molar-refractivity contribution in [2.75, 3.05) is 0 Å². The number of ether oxygens (including phenoxy) is 2. The van der Waals surface area contributed by atoms with E-state index in [0.29, 0.717) is 29.4 Å². The van der Waals surface area contributed by atoms with Crippen LogP contribution in [0.4, 0.5) is 0 Å². The molecule has 0 atom stereocenters. The number of hydrogen-bond donors (Lipinski definition) is 0. The summed E-state index contributed by atoms with van der Waals surface area (Å²) in [4.78, 5) is 21.1. The van der Waals surface area contributed by atoms with Gasteiger partial charge in [0.15, 0.2) is 12.2 Å². The molecular weight excluding hydrogens is 364 g/mol. The van der Waals surface area contributed by atoms with Gasteiger partial charge in [-0.25, -0.2) is 14.8 Å². The van der Waals surface area contributed by atoms with Crippen molar-refractivity contribution in [2.24, 2.45) is 0 Å². The number of benzene rings is 2. The lowest BCUT2D eigenvalue weighted by Gasteiger charge is -2.09. The fraction of sp³-hybridized carbons (Fsp3) is 0.150. The molecule has 2 aromatic carbocycles. The Labute approximate surface area is 159 Å². The van der Waals surface area contributed by atoms with Crippen molar-refractivity contribution in [3.63, 3.8) is 0 Å². The van der Waals surface area contributed by atoms with Crippen LogP contribution in [-0.4, -0.2) is 15.9 Å². The molecule has 6 nitrogen and oxygen atoms in total. The van der Waals surface area contributed by atoms with E-state index in [1.165, 1.54) is 0 Å². The summed E-state index contributed by atoms with van der Waals surface area (Å²) in [6.07, 6.45) is 0. The highest BCUT2D eigenvalue weighted by Gasteiger charge is 2.16. The van der Waals surface area contributed by atoms with Gasteiger partial charge in [-0.05, 0) is 31.2 Å². The van der Waals surface area contributed by atoms with Crippen molar-refractivity contribution in [1.82, 2.24) is 9.97 Å². The van der Waals surface area contributed by atoms with Gasteiger partial charge in [0.25, 0.3) is 0 Å². The minimum absolute atomic E-state index is 0.0485. The smallest absolute Gasteiger partial charge is 0.342 e. The van der Waals surface area contributed by atoms with Gasteiger partial charge in [0.05, 0.1) is 10.7 Å². The van der Waals surface area contributed by atoms with E-state index in [1.807, 2.05) is 36.6 Å². The zero-order valence-corrected chi connectivity index (χ0v) is 15.4. The Balaban J connectivity index is 1.43. The number of fused-ring (bicyclic) bond motifs is 1. The zero-order chi connectivity index (χ0) is 18.6. The first-order chi connectivity index (χ1) is 13.2. The van der Waals surface area contributed by atoms with E-state index in [9.17, 15) is 4.79 Å². The molecule has 0 saturated heterocycles. The van der Waals surface area contributed by atoms with Crippen molar-refractivity contribution >= 4 is 28.4 Å². The molecular formula is C20H16N2O4S. The summed E-state index contributed by atoms with van der Waals surface area (Å²) in [5.74, 6) is 0.300. The molecule has 0 amide bonds. The lowest BCUT2D eigenvalue weighted by atomic mass is 10.2.